The predicted octanol–water partition coefficient (Wildman–Crippen LogP) is 2.60. The number of piperidine rings is 1. The first-order valence-corrected chi connectivity index (χ1v) is 9.06. The monoisotopic (exact) mass is 336 g/mol. The van der Waals surface area contributed by atoms with Crippen LogP contribution >= 0.6 is 0 Å². The second-order valence-electron chi connectivity index (χ2n) is 7.35. The summed E-state index contributed by atoms with van der Waals surface area (Å²) in [4.78, 5) is 25.7. The molecular weight excluding hydrogens is 312 g/mol. The first-order chi connectivity index (χ1) is 12.2. The Morgan fingerprint density at radius 1 is 1.04 bits per heavy atom. The molecule has 2 saturated heterocycles. The minimum Gasteiger partial charge on any atom is -0.338 e. The minimum atomic E-state index is 0.140. The van der Waals surface area contributed by atoms with Crippen molar-refractivity contribution in [1.82, 2.24) is 19.8 Å². The number of hydrogen-bond donors (Lipinski definition) is 0. The van der Waals surface area contributed by atoms with Crippen molar-refractivity contribution in [2.24, 2.45) is 5.41 Å². The molecule has 25 heavy (non-hydrogen) atoms. The van der Waals surface area contributed by atoms with E-state index in [2.05, 4.69) is 20.9 Å². The highest BCUT2D eigenvalue weighted by Crippen LogP contribution is 2.39. The molecule has 0 N–H and O–H groups in total. The number of pyridine rings is 2. The van der Waals surface area contributed by atoms with Crippen LogP contribution in [0.15, 0.2) is 48.9 Å². The molecule has 0 saturated carbocycles. The summed E-state index contributed by atoms with van der Waals surface area (Å²) in [5.74, 6) is 0.140. The Balaban J connectivity index is 1.41. The van der Waals surface area contributed by atoms with Gasteiger partial charge in [-0.3, -0.25) is 19.7 Å². The molecular formula is C20H24N4O. The second-order valence-corrected chi connectivity index (χ2v) is 7.35. The van der Waals surface area contributed by atoms with Gasteiger partial charge in [-0.1, -0.05) is 6.07 Å². The van der Waals surface area contributed by atoms with Gasteiger partial charge in [-0.2, -0.15) is 0 Å². The average Bonchev–Trinajstić information content (AvgIpc) is 3.06. The number of aromatic nitrogens is 2. The molecule has 0 aliphatic carbocycles. The second kappa shape index (κ2) is 6.92. The standard InChI is InChI=1S/C20H24N4O/c25-19(17-5-10-21-11-6-17)24-13-8-20(16-24)7-3-12-23(15-20)14-18-4-1-2-9-22-18/h1-2,4-6,9-11H,3,7-8,12-16H2/t20-/m1/s1. The Morgan fingerprint density at radius 3 is 2.72 bits per heavy atom. The van der Waals surface area contributed by atoms with Crippen LogP contribution in [0.4, 0.5) is 0 Å². The van der Waals surface area contributed by atoms with E-state index in [1.54, 1.807) is 12.4 Å². The fourth-order valence-electron chi connectivity index (χ4n) is 4.28. The molecule has 2 fully saturated rings. The molecule has 0 aromatic carbocycles. The quantitative estimate of drug-likeness (QED) is 0.864. The van der Waals surface area contributed by atoms with Crippen molar-refractivity contribution in [3.8, 4) is 0 Å². The summed E-state index contributed by atoms with van der Waals surface area (Å²) < 4.78 is 0. The lowest BCUT2D eigenvalue weighted by Gasteiger charge is -2.40. The molecule has 2 aromatic rings. The van der Waals surface area contributed by atoms with E-state index in [4.69, 9.17) is 0 Å². The first-order valence-electron chi connectivity index (χ1n) is 9.06. The van der Waals surface area contributed by atoms with Crippen molar-refractivity contribution < 1.29 is 4.79 Å². The smallest absolute Gasteiger partial charge is 0.253 e. The van der Waals surface area contributed by atoms with Gasteiger partial charge in [0.05, 0.1) is 5.69 Å². The molecule has 1 atom stereocenters. The molecule has 0 unspecified atom stereocenters. The van der Waals surface area contributed by atoms with Crippen LogP contribution < -0.4 is 0 Å². The van der Waals surface area contributed by atoms with Crippen molar-refractivity contribution in [1.29, 1.82) is 0 Å². The highest BCUT2D eigenvalue weighted by Gasteiger charge is 2.42. The van der Waals surface area contributed by atoms with E-state index < -0.39 is 0 Å². The molecule has 130 valence electrons. The molecule has 2 aliphatic heterocycles. The van der Waals surface area contributed by atoms with Crippen molar-refractivity contribution in [3.05, 3.63) is 60.2 Å². The molecule has 2 aromatic heterocycles. The Kier molecular flexibility index (Phi) is 4.49. The number of amides is 1. The average molecular weight is 336 g/mol. The maximum atomic E-state index is 12.7. The number of hydrogen-bond acceptors (Lipinski definition) is 4. The van der Waals surface area contributed by atoms with Gasteiger partial charge >= 0.3 is 0 Å². The van der Waals surface area contributed by atoms with Gasteiger partial charge in [-0.15, -0.1) is 0 Å². The van der Waals surface area contributed by atoms with Crippen molar-refractivity contribution in [2.45, 2.75) is 25.8 Å². The lowest BCUT2D eigenvalue weighted by Crippen LogP contribution is -2.45. The first kappa shape index (κ1) is 16.2. The maximum Gasteiger partial charge on any atom is 0.253 e. The van der Waals surface area contributed by atoms with Gasteiger partial charge in [0.1, 0.15) is 0 Å². The van der Waals surface area contributed by atoms with Crippen LogP contribution in [0.3, 0.4) is 0 Å². The molecule has 4 rings (SSSR count). The summed E-state index contributed by atoms with van der Waals surface area (Å²) in [6, 6.07) is 9.71. The largest absolute Gasteiger partial charge is 0.338 e. The third-order valence-electron chi connectivity index (χ3n) is 5.51. The topological polar surface area (TPSA) is 49.3 Å². The van der Waals surface area contributed by atoms with Gasteiger partial charge in [0.2, 0.25) is 0 Å². The normalized spacial score (nSPS) is 23.9. The lowest BCUT2D eigenvalue weighted by atomic mass is 9.79. The zero-order valence-corrected chi connectivity index (χ0v) is 14.5. The lowest BCUT2D eigenvalue weighted by molar-refractivity contribution is 0.0672. The van der Waals surface area contributed by atoms with E-state index in [9.17, 15) is 4.79 Å². The molecule has 5 nitrogen and oxygen atoms in total. The van der Waals surface area contributed by atoms with E-state index >= 15 is 0 Å². The summed E-state index contributed by atoms with van der Waals surface area (Å²) >= 11 is 0. The number of rotatable bonds is 3. The molecule has 4 heterocycles. The molecule has 0 bridgehead atoms. The van der Waals surface area contributed by atoms with E-state index in [0.29, 0.717) is 0 Å². The minimum absolute atomic E-state index is 0.140. The third-order valence-corrected chi connectivity index (χ3v) is 5.51. The Labute approximate surface area is 148 Å². The van der Waals surface area contributed by atoms with Crippen LogP contribution in [-0.2, 0) is 6.54 Å². The van der Waals surface area contributed by atoms with Crippen molar-refractivity contribution >= 4 is 5.91 Å². The molecule has 1 amide bonds. The summed E-state index contributed by atoms with van der Waals surface area (Å²) in [7, 11) is 0. The van der Waals surface area contributed by atoms with E-state index in [-0.39, 0.29) is 11.3 Å². The van der Waals surface area contributed by atoms with E-state index in [1.165, 1.54) is 12.8 Å². The molecule has 1 spiro atoms. The molecule has 0 radical (unpaired) electrons. The zero-order valence-electron chi connectivity index (χ0n) is 14.5. The number of nitrogens with zero attached hydrogens (tertiary/aromatic N) is 4. The van der Waals surface area contributed by atoms with Gasteiger partial charge in [0.25, 0.3) is 5.91 Å². The Hall–Kier alpha value is -2.27. The van der Waals surface area contributed by atoms with Gasteiger partial charge < -0.3 is 4.90 Å². The van der Waals surface area contributed by atoms with Crippen LogP contribution in [0.25, 0.3) is 0 Å². The highest BCUT2D eigenvalue weighted by molar-refractivity contribution is 5.94. The fourth-order valence-corrected chi connectivity index (χ4v) is 4.28. The van der Waals surface area contributed by atoms with Gasteiger partial charge in [-0.05, 0) is 50.1 Å². The van der Waals surface area contributed by atoms with Gasteiger partial charge in [0, 0.05) is 55.7 Å². The SMILES string of the molecule is O=C(c1ccncc1)N1CC[C@@]2(CCCN(Cc3ccccn3)C2)C1. The molecule has 2 aliphatic rings. The van der Waals surface area contributed by atoms with Crippen LogP contribution in [0.2, 0.25) is 0 Å². The fraction of sp³-hybridized carbons (Fsp3) is 0.450. The maximum absolute atomic E-state index is 12.7. The predicted molar refractivity (Wildman–Crippen MR) is 95.9 cm³/mol. The summed E-state index contributed by atoms with van der Waals surface area (Å²) in [5, 5.41) is 0. The summed E-state index contributed by atoms with van der Waals surface area (Å²) in [5.41, 5.74) is 2.12. The van der Waals surface area contributed by atoms with Gasteiger partial charge in [0.15, 0.2) is 0 Å². The van der Waals surface area contributed by atoms with Crippen molar-refractivity contribution in [3.63, 3.8) is 0 Å². The van der Waals surface area contributed by atoms with E-state index in [1.807, 2.05) is 35.4 Å². The number of likely N-dealkylation sites (tertiary alicyclic amines) is 2. The highest BCUT2D eigenvalue weighted by atomic mass is 16.2. The van der Waals surface area contributed by atoms with E-state index in [0.717, 1.165) is 50.4 Å². The Morgan fingerprint density at radius 2 is 1.92 bits per heavy atom. The van der Waals surface area contributed by atoms with Crippen molar-refractivity contribution in [2.75, 3.05) is 26.2 Å². The third kappa shape index (κ3) is 3.56. The number of carbonyl (C=O) groups excluding carboxylic acids is 1. The van der Waals surface area contributed by atoms with Crippen LogP contribution in [0.5, 0.6) is 0 Å². The number of carbonyl (C=O) groups is 1. The summed E-state index contributed by atoms with van der Waals surface area (Å²) in [6.07, 6.45) is 8.75. The van der Waals surface area contributed by atoms with Crippen LogP contribution in [0, 0.1) is 5.41 Å². The Bertz CT molecular complexity index is 721. The summed E-state index contributed by atoms with van der Waals surface area (Å²) in [6.45, 7) is 4.81. The van der Waals surface area contributed by atoms with Gasteiger partial charge in [-0.25, -0.2) is 0 Å². The molecule has 5 heteroatoms. The van der Waals surface area contributed by atoms with Crippen LogP contribution in [0.1, 0.15) is 35.3 Å². The zero-order chi connectivity index (χ0) is 17.1. The van der Waals surface area contributed by atoms with Crippen LogP contribution in [-0.4, -0.2) is 51.9 Å².